The van der Waals surface area contributed by atoms with E-state index in [2.05, 4.69) is 202 Å². The third kappa shape index (κ3) is 5.54. The molecule has 0 saturated heterocycles. The molecular formula is C56H35N5OPdSi. The number of imidazole rings is 1. The van der Waals surface area contributed by atoms with E-state index in [-0.39, 0.29) is 20.4 Å². The molecule has 64 heavy (non-hydrogen) atoms. The number of pyridine rings is 2. The summed E-state index contributed by atoms with van der Waals surface area (Å²) in [6.07, 6.45) is 5.75. The largest absolute Gasteiger partial charge is 2.00 e. The van der Waals surface area contributed by atoms with Gasteiger partial charge < -0.3 is 18.6 Å². The fraction of sp³-hybridized carbons (Fsp3) is 0. The van der Waals surface area contributed by atoms with Crippen LogP contribution < -0.4 is 30.4 Å². The van der Waals surface area contributed by atoms with Gasteiger partial charge in [-0.2, -0.15) is 6.07 Å². The van der Waals surface area contributed by atoms with Gasteiger partial charge in [-0.25, -0.2) is 4.98 Å². The van der Waals surface area contributed by atoms with E-state index >= 15 is 0 Å². The molecule has 0 amide bonds. The van der Waals surface area contributed by atoms with Gasteiger partial charge in [0.1, 0.15) is 5.82 Å². The number of rotatable bonds is 6. The summed E-state index contributed by atoms with van der Waals surface area (Å²) in [5, 5.41) is 10.7. The minimum absolute atomic E-state index is 0. The van der Waals surface area contributed by atoms with E-state index in [9.17, 15) is 0 Å². The van der Waals surface area contributed by atoms with E-state index in [0.29, 0.717) is 11.5 Å². The molecule has 6 nitrogen and oxygen atoms in total. The molecule has 0 unspecified atom stereocenters. The second-order valence-corrected chi connectivity index (χ2v) is 19.7. The van der Waals surface area contributed by atoms with Crippen LogP contribution in [-0.2, 0) is 20.4 Å². The first-order valence-electron chi connectivity index (χ1n) is 21.2. The summed E-state index contributed by atoms with van der Waals surface area (Å²) < 4.78 is 11.2. The van der Waals surface area contributed by atoms with Crippen molar-refractivity contribution in [3.8, 4) is 17.2 Å². The zero-order valence-electron chi connectivity index (χ0n) is 34.2. The summed E-state index contributed by atoms with van der Waals surface area (Å²) >= 11 is 0. The van der Waals surface area contributed by atoms with Crippen LogP contribution in [0.4, 0.5) is 17.2 Å². The van der Waals surface area contributed by atoms with Crippen molar-refractivity contribution in [1.82, 2.24) is 18.9 Å². The number of benzene rings is 8. The summed E-state index contributed by atoms with van der Waals surface area (Å²) in [4.78, 5) is 12.3. The van der Waals surface area contributed by atoms with Crippen molar-refractivity contribution in [2.24, 2.45) is 0 Å². The maximum Gasteiger partial charge on any atom is 2.00 e. The number of aromatic nitrogens is 4. The standard InChI is InChI=1S/C56H35N5OSi.Pd/c1-4-16-38(17-5-1)60-49-27-13-11-25-46(49)53-50(60)31-32-51-54(53)63(42-20-6-2-7-21-42,43-22-8-3-9-23-43)52-28-15-33-57-56(52)61(51)39-18-14-19-40(36-39)62-41-29-30-44-45-24-10-12-26-48(45)59-35-34-58-55(59)47(44)37-41;/h1-35H;/q-2;+2. The van der Waals surface area contributed by atoms with Crippen LogP contribution in [0.2, 0.25) is 0 Å². The predicted molar refractivity (Wildman–Crippen MR) is 258 cm³/mol. The van der Waals surface area contributed by atoms with Gasteiger partial charge >= 0.3 is 20.4 Å². The Morgan fingerprint density at radius 1 is 0.500 bits per heavy atom. The van der Waals surface area contributed by atoms with Gasteiger partial charge in [0, 0.05) is 57.8 Å². The third-order valence-electron chi connectivity index (χ3n) is 12.7. The second-order valence-electron chi connectivity index (χ2n) is 16.0. The number of hydrogen-bond donors (Lipinski definition) is 0. The van der Waals surface area contributed by atoms with E-state index < -0.39 is 8.07 Å². The molecule has 0 aliphatic carbocycles. The molecular weight excluding hydrogens is 893 g/mol. The van der Waals surface area contributed by atoms with Crippen LogP contribution >= 0.6 is 0 Å². The molecule has 0 radical (unpaired) electrons. The number of ether oxygens (including phenoxy) is 1. The Balaban J connectivity index is 0.00000433. The Morgan fingerprint density at radius 2 is 1.19 bits per heavy atom. The third-order valence-corrected chi connectivity index (χ3v) is 17.6. The molecule has 0 atom stereocenters. The van der Waals surface area contributed by atoms with Gasteiger partial charge in [0.2, 0.25) is 0 Å². The normalized spacial score (nSPS) is 13.0. The number of hydrogen-bond acceptors (Lipinski definition) is 4. The van der Waals surface area contributed by atoms with E-state index in [0.717, 1.165) is 61.2 Å². The van der Waals surface area contributed by atoms with Crippen LogP contribution in [-0.4, -0.2) is 27.0 Å². The minimum Gasteiger partial charge on any atom is -0.503 e. The SMILES string of the molecule is [Pd+2].[c-]1c(Oc2[c-]c3c(cc2)c2ccccc2n2ccnc32)cccc1N1c2ccc3c(c2[Si](c2ccccc2)(c2ccccc2)c2cccnc21)c1ccccc1n3-c1ccccc1. The molecule has 13 rings (SSSR count). The van der Waals surface area contributed by atoms with Gasteiger partial charge in [-0.1, -0.05) is 144 Å². The van der Waals surface area contributed by atoms with Gasteiger partial charge in [-0.05, 0) is 68.6 Å². The minimum atomic E-state index is -3.13. The van der Waals surface area contributed by atoms with E-state index in [1.165, 1.54) is 31.5 Å². The van der Waals surface area contributed by atoms with E-state index in [4.69, 9.17) is 14.7 Å². The second kappa shape index (κ2) is 15.0. The zero-order chi connectivity index (χ0) is 41.5. The number of nitrogens with zero attached hydrogens (tertiary/aromatic N) is 5. The van der Waals surface area contributed by atoms with Gasteiger partial charge in [-0.15, -0.1) is 30.3 Å². The molecule has 1 aliphatic rings. The van der Waals surface area contributed by atoms with Crippen molar-refractivity contribution >= 4 is 95.1 Å². The average molecular weight is 928 g/mol. The van der Waals surface area contributed by atoms with Crippen LogP contribution in [0.15, 0.2) is 213 Å². The summed E-state index contributed by atoms with van der Waals surface area (Å²) in [6.45, 7) is 0. The molecule has 0 spiro atoms. The Kier molecular flexibility index (Phi) is 8.96. The van der Waals surface area contributed by atoms with Gasteiger partial charge in [0.05, 0.1) is 16.7 Å². The Hall–Kier alpha value is -7.60. The van der Waals surface area contributed by atoms with Crippen LogP contribution in [0, 0.1) is 12.1 Å². The van der Waals surface area contributed by atoms with Crippen LogP contribution in [0.1, 0.15) is 0 Å². The molecule has 12 aromatic rings. The quantitative estimate of drug-likeness (QED) is 0.0947. The Bertz CT molecular complexity index is 3700. The molecule has 8 heteroatoms. The molecule has 0 bridgehead atoms. The Morgan fingerprint density at radius 3 is 1.97 bits per heavy atom. The molecule has 0 fully saturated rings. The maximum absolute atomic E-state index is 6.70. The van der Waals surface area contributed by atoms with Crippen molar-refractivity contribution in [2.75, 3.05) is 4.90 Å². The van der Waals surface area contributed by atoms with Gasteiger partial charge in [0.15, 0.2) is 8.07 Å². The topological polar surface area (TPSA) is 47.6 Å². The van der Waals surface area contributed by atoms with E-state index in [1.54, 1.807) is 0 Å². The van der Waals surface area contributed by atoms with Crippen molar-refractivity contribution in [1.29, 1.82) is 0 Å². The summed E-state index contributed by atoms with van der Waals surface area (Å²) in [7, 11) is -3.13. The fourth-order valence-electron chi connectivity index (χ4n) is 10.2. The van der Waals surface area contributed by atoms with Crippen molar-refractivity contribution < 1.29 is 25.2 Å². The van der Waals surface area contributed by atoms with Gasteiger partial charge in [-0.3, -0.25) is 4.98 Å². The number of anilines is 3. The van der Waals surface area contributed by atoms with Crippen LogP contribution in [0.25, 0.3) is 54.8 Å². The van der Waals surface area contributed by atoms with E-state index in [1.807, 2.05) is 36.8 Å². The summed E-state index contributed by atoms with van der Waals surface area (Å²) in [6, 6.07) is 76.7. The molecule has 304 valence electrons. The summed E-state index contributed by atoms with van der Waals surface area (Å²) in [5.74, 6) is 2.04. The molecule has 0 saturated carbocycles. The fourth-order valence-corrected chi connectivity index (χ4v) is 15.5. The maximum atomic E-state index is 6.70. The van der Waals surface area contributed by atoms with Crippen molar-refractivity contribution in [3.63, 3.8) is 0 Å². The predicted octanol–water partition coefficient (Wildman–Crippen LogP) is 10.7. The summed E-state index contributed by atoms with van der Waals surface area (Å²) in [5.41, 5.74) is 7.27. The molecule has 0 N–H and O–H groups in total. The molecule has 8 aromatic carbocycles. The molecule has 4 aromatic heterocycles. The first-order valence-corrected chi connectivity index (χ1v) is 23.2. The smallest absolute Gasteiger partial charge is 0.503 e. The van der Waals surface area contributed by atoms with Crippen molar-refractivity contribution in [2.45, 2.75) is 0 Å². The number of fused-ring (bicyclic) bond motifs is 12. The molecule has 5 heterocycles. The zero-order valence-corrected chi connectivity index (χ0v) is 36.7. The van der Waals surface area contributed by atoms with Crippen LogP contribution in [0.5, 0.6) is 11.5 Å². The Labute approximate surface area is 384 Å². The first kappa shape index (κ1) is 38.1. The average Bonchev–Trinajstić information content (AvgIpc) is 3.99. The van der Waals surface area contributed by atoms with Gasteiger partial charge in [0.25, 0.3) is 0 Å². The van der Waals surface area contributed by atoms with Crippen molar-refractivity contribution in [3.05, 3.63) is 225 Å². The number of para-hydroxylation sites is 3. The monoisotopic (exact) mass is 927 g/mol. The molecule has 1 aliphatic heterocycles. The first-order chi connectivity index (χ1) is 31.3. The van der Waals surface area contributed by atoms with Crippen LogP contribution in [0.3, 0.4) is 0 Å².